The van der Waals surface area contributed by atoms with Crippen LogP contribution in [0.25, 0.3) is 6.08 Å². The zero-order valence-electron chi connectivity index (χ0n) is 10.4. The molecule has 1 fully saturated rings. The molecule has 2 aliphatic rings. The Labute approximate surface area is 105 Å². The molecule has 1 aromatic carbocycles. The summed E-state index contributed by atoms with van der Waals surface area (Å²) in [6, 6.07) is 7.46. The van der Waals surface area contributed by atoms with Crippen molar-refractivity contribution in [3.63, 3.8) is 0 Å². The molecule has 18 heavy (non-hydrogen) atoms. The van der Waals surface area contributed by atoms with Crippen LogP contribution in [0.3, 0.4) is 0 Å². The number of nitrogens with zero attached hydrogens (tertiary/aromatic N) is 1. The lowest BCUT2D eigenvalue weighted by Crippen LogP contribution is -2.29. The number of hydrogen-bond acceptors (Lipinski definition) is 3. The number of carbonyl (C=O) groups excluding carboxylic acids is 1. The fourth-order valence-corrected chi connectivity index (χ4v) is 2.26. The van der Waals surface area contributed by atoms with Gasteiger partial charge in [0, 0.05) is 5.56 Å². The van der Waals surface area contributed by atoms with Gasteiger partial charge < -0.3 is 9.84 Å². The van der Waals surface area contributed by atoms with Gasteiger partial charge in [-0.2, -0.15) is 0 Å². The maximum atomic E-state index is 12.0. The van der Waals surface area contributed by atoms with E-state index in [9.17, 15) is 9.90 Å². The van der Waals surface area contributed by atoms with Crippen LogP contribution in [0.4, 0.5) is 5.69 Å². The molecule has 0 aliphatic carbocycles. The molecule has 0 aromatic heterocycles. The normalized spacial score (nSPS) is 24.7. The molecule has 1 N–H and O–H groups in total. The molecule has 1 aromatic rings. The molecule has 0 radical (unpaired) electrons. The number of fused-ring (bicyclic) bond motifs is 3. The van der Waals surface area contributed by atoms with E-state index in [0.29, 0.717) is 12.5 Å². The highest BCUT2D eigenvalue weighted by molar-refractivity contribution is 6.23. The van der Waals surface area contributed by atoms with Gasteiger partial charge in [-0.25, -0.2) is 0 Å². The second-order valence-corrected chi connectivity index (χ2v) is 5.08. The van der Waals surface area contributed by atoms with E-state index in [1.807, 2.05) is 38.1 Å². The molecule has 0 saturated carbocycles. The van der Waals surface area contributed by atoms with Crippen molar-refractivity contribution in [3.8, 4) is 0 Å². The Morgan fingerprint density at radius 2 is 2.11 bits per heavy atom. The monoisotopic (exact) mass is 245 g/mol. The number of carbonyl (C=O) groups is 1. The van der Waals surface area contributed by atoms with Crippen molar-refractivity contribution >= 4 is 17.7 Å². The molecule has 2 aliphatic heterocycles. The van der Waals surface area contributed by atoms with E-state index in [-0.39, 0.29) is 11.7 Å². The lowest BCUT2D eigenvalue weighted by Gasteiger charge is -2.22. The summed E-state index contributed by atoms with van der Waals surface area (Å²) in [7, 11) is 0. The number of rotatable bonds is 3. The molecule has 1 amide bonds. The van der Waals surface area contributed by atoms with Crippen molar-refractivity contribution in [2.45, 2.75) is 19.6 Å². The quantitative estimate of drug-likeness (QED) is 0.831. The summed E-state index contributed by atoms with van der Waals surface area (Å²) >= 11 is 0. The fraction of sp³-hybridized carbons (Fsp3) is 0.357. The first-order valence-corrected chi connectivity index (χ1v) is 6.06. The number of aliphatic hydroxyl groups is 1. The summed E-state index contributed by atoms with van der Waals surface area (Å²) < 4.78 is 5.65. The van der Waals surface area contributed by atoms with Crippen LogP contribution < -0.4 is 4.90 Å². The number of para-hydroxylation sites is 1. The lowest BCUT2D eigenvalue weighted by atomic mass is 10.1. The molecular weight excluding hydrogens is 230 g/mol. The van der Waals surface area contributed by atoms with Crippen molar-refractivity contribution < 1.29 is 14.6 Å². The first-order chi connectivity index (χ1) is 8.57. The molecule has 1 saturated heterocycles. The van der Waals surface area contributed by atoms with Crippen molar-refractivity contribution in [2.75, 3.05) is 11.5 Å². The fourth-order valence-electron chi connectivity index (χ4n) is 2.26. The predicted molar refractivity (Wildman–Crippen MR) is 68.1 cm³/mol. The number of aliphatic hydroxyl groups excluding tert-OH is 1. The summed E-state index contributed by atoms with van der Waals surface area (Å²) in [6.45, 7) is 4.44. The lowest BCUT2D eigenvalue weighted by molar-refractivity contribution is -0.118. The number of anilines is 1. The van der Waals surface area contributed by atoms with Crippen molar-refractivity contribution in [1.82, 2.24) is 0 Å². The Kier molecular flexibility index (Phi) is 2.25. The SMILES string of the molecule is CC(C)COC12C(=O)N1c1ccccc1C=C2O. The zero-order valence-corrected chi connectivity index (χ0v) is 10.4. The van der Waals surface area contributed by atoms with Crippen LogP contribution in [-0.2, 0) is 9.53 Å². The number of hydrogen-bond donors (Lipinski definition) is 1. The molecule has 1 atom stereocenters. The Bertz CT molecular complexity index is 550. The summed E-state index contributed by atoms with van der Waals surface area (Å²) in [6.07, 6.45) is 1.61. The largest absolute Gasteiger partial charge is 0.507 e. The number of ether oxygens (including phenoxy) is 1. The van der Waals surface area contributed by atoms with Crippen molar-refractivity contribution in [3.05, 3.63) is 35.6 Å². The Morgan fingerprint density at radius 3 is 2.83 bits per heavy atom. The molecule has 0 bridgehead atoms. The third kappa shape index (κ3) is 1.32. The van der Waals surface area contributed by atoms with Crippen LogP contribution >= 0.6 is 0 Å². The zero-order chi connectivity index (χ0) is 12.9. The molecular formula is C14H15NO3. The molecule has 0 spiro atoms. The molecule has 94 valence electrons. The summed E-state index contributed by atoms with van der Waals surface area (Å²) in [5, 5.41) is 10.1. The minimum absolute atomic E-state index is 0.0214. The van der Waals surface area contributed by atoms with E-state index >= 15 is 0 Å². The van der Waals surface area contributed by atoms with Crippen LogP contribution in [0.15, 0.2) is 30.0 Å². The van der Waals surface area contributed by atoms with Crippen LogP contribution in [-0.4, -0.2) is 23.3 Å². The highest BCUT2D eigenvalue weighted by atomic mass is 16.6. The average Bonchev–Trinajstić information content (AvgIpc) is 2.95. The van der Waals surface area contributed by atoms with E-state index in [4.69, 9.17) is 4.74 Å². The van der Waals surface area contributed by atoms with Gasteiger partial charge in [0.1, 0.15) is 0 Å². The minimum atomic E-state index is -1.25. The van der Waals surface area contributed by atoms with Gasteiger partial charge in [-0.1, -0.05) is 32.0 Å². The van der Waals surface area contributed by atoms with Crippen molar-refractivity contribution in [1.29, 1.82) is 0 Å². The summed E-state index contributed by atoms with van der Waals surface area (Å²) in [5.74, 6) is 0.0910. The topological polar surface area (TPSA) is 49.5 Å². The Morgan fingerprint density at radius 1 is 1.39 bits per heavy atom. The summed E-state index contributed by atoms with van der Waals surface area (Å²) in [4.78, 5) is 13.5. The van der Waals surface area contributed by atoms with E-state index in [2.05, 4.69) is 0 Å². The second-order valence-electron chi connectivity index (χ2n) is 5.08. The number of amides is 1. The second kappa shape index (κ2) is 3.59. The maximum Gasteiger partial charge on any atom is 0.292 e. The van der Waals surface area contributed by atoms with E-state index in [1.165, 1.54) is 4.90 Å². The van der Waals surface area contributed by atoms with Crippen LogP contribution in [0.1, 0.15) is 19.4 Å². The van der Waals surface area contributed by atoms with Crippen LogP contribution in [0.2, 0.25) is 0 Å². The van der Waals surface area contributed by atoms with Crippen LogP contribution in [0.5, 0.6) is 0 Å². The maximum absolute atomic E-state index is 12.0. The van der Waals surface area contributed by atoms with E-state index in [1.54, 1.807) is 6.08 Å². The first-order valence-electron chi connectivity index (χ1n) is 6.06. The molecule has 3 rings (SSSR count). The number of benzene rings is 1. The first kappa shape index (κ1) is 11.3. The van der Waals surface area contributed by atoms with Gasteiger partial charge in [0.2, 0.25) is 0 Å². The third-order valence-corrected chi connectivity index (χ3v) is 3.20. The van der Waals surface area contributed by atoms with Gasteiger partial charge in [0.15, 0.2) is 5.76 Å². The highest BCUT2D eigenvalue weighted by Gasteiger charge is 2.70. The van der Waals surface area contributed by atoms with Gasteiger partial charge in [0.25, 0.3) is 11.6 Å². The molecule has 4 heteroatoms. The Balaban J connectivity index is 1.99. The predicted octanol–water partition coefficient (Wildman–Crippen LogP) is 2.31. The summed E-state index contributed by atoms with van der Waals surface area (Å²) in [5.41, 5.74) is 0.382. The van der Waals surface area contributed by atoms with Gasteiger partial charge >= 0.3 is 0 Å². The van der Waals surface area contributed by atoms with Crippen molar-refractivity contribution in [2.24, 2.45) is 5.92 Å². The minimum Gasteiger partial charge on any atom is -0.507 e. The smallest absolute Gasteiger partial charge is 0.292 e. The third-order valence-electron chi connectivity index (χ3n) is 3.20. The van der Waals surface area contributed by atoms with E-state index in [0.717, 1.165) is 11.3 Å². The standard InChI is InChI=1S/C14H15NO3/c1-9(2)8-18-14-12(16)7-10-5-3-4-6-11(10)15(14)13(14)17/h3-7,9,16H,8H2,1-2H3. The van der Waals surface area contributed by atoms with Crippen LogP contribution in [0, 0.1) is 5.92 Å². The molecule has 2 heterocycles. The molecule has 4 nitrogen and oxygen atoms in total. The van der Waals surface area contributed by atoms with Gasteiger partial charge in [-0.3, -0.25) is 9.69 Å². The average molecular weight is 245 g/mol. The van der Waals surface area contributed by atoms with Gasteiger partial charge in [-0.15, -0.1) is 0 Å². The Hall–Kier alpha value is -1.81. The highest BCUT2D eigenvalue weighted by Crippen LogP contribution is 2.50. The van der Waals surface area contributed by atoms with Gasteiger partial charge in [0.05, 0.1) is 12.3 Å². The van der Waals surface area contributed by atoms with E-state index < -0.39 is 5.72 Å². The van der Waals surface area contributed by atoms with Gasteiger partial charge in [-0.05, 0) is 18.1 Å². The molecule has 1 unspecified atom stereocenters.